The summed E-state index contributed by atoms with van der Waals surface area (Å²) < 4.78 is 5.55. The molecule has 1 saturated heterocycles. The fourth-order valence-electron chi connectivity index (χ4n) is 1.77. The minimum Gasteiger partial charge on any atom is -0.389 e. The number of hydrogen-bond acceptors (Lipinski definition) is 4. The minimum absolute atomic E-state index is 0.295. The van der Waals surface area contributed by atoms with E-state index in [-0.39, 0.29) is 0 Å². The van der Waals surface area contributed by atoms with Gasteiger partial charge in [-0.2, -0.15) is 0 Å². The zero-order valence-electron chi connectivity index (χ0n) is 10.1. The van der Waals surface area contributed by atoms with E-state index in [1.807, 2.05) is 0 Å². The molecule has 0 bridgehead atoms. The molecule has 0 aromatic carbocycles. The monoisotopic (exact) mass is 216 g/mol. The maximum Gasteiger partial charge on any atom is 0.0753 e. The Kier molecular flexibility index (Phi) is 4.52. The van der Waals surface area contributed by atoms with Crippen LogP contribution in [0.2, 0.25) is 0 Å². The number of morpholine rings is 1. The number of rotatable bonds is 4. The van der Waals surface area contributed by atoms with Crippen molar-refractivity contribution in [2.45, 2.75) is 44.9 Å². The Labute approximate surface area is 92.4 Å². The number of nitrogens with two attached hydrogens (primary N) is 1. The maximum absolute atomic E-state index is 9.82. The lowest BCUT2D eigenvalue weighted by molar-refractivity contribution is -0.0576. The normalized spacial score (nSPS) is 32.6. The van der Waals surface area contributed by atoms with Crippen molar-refractivity contribution in [3.63, 3.8) is 0 Å². The van der Waals surface area contributed by atoms with Gasteiger partial charge in [0, 0.05) is 25.7 Å². The molecule has 3 atom stereocenters. The van der Waals surface area contributed by atoms with Crippen LogP contribution in [0.15, 0.2) is 0 Å². The summed E-state index contributed by atoms with van der Waals surface area (Å²) in [7, 11) is 0. The Hall–Kier alpha value is -0.160. The van der Waals surface area contributed by atoms with Gasteiger partial charge in [0.15, 0.2) is 0 Å². The predicted molar refractivity (Wildman–Crippen MR) is 60.7 cm³/mol. The molecule has 0 saturated carbocycles. The smallest absolute Gasteiger partial charge is 0.0753 e. The van der Waals surface area contributed by atoms with Gasteiger partial charge in [-0.25, -0.2) is 0 Å². The molecule has 0 aromatic rings. The van der Waals surface area contributed by atoms with Gasteiger partial charge in [-0.15, -0.1) is 0 Å². The number of hydrogen-bond donors (Lipinski definition) is 2. The van der Waals surface area contributed by atoms with Gasteiger partial charge < -0.3 is 15.6 Å². The van der Waals surface area contributed by atoms with Gasteiger partial charge in [-0.05, 0) is 27.2 Å². The topological polar surface area (TPSA) is 58.7 Å². The molecule has 4 heteroatoms. The van der Waals surface area contributed by atoms with Crippen molar-refractivity contribution in [1.29, 1.82) is 0 Å². The zero-order valence-corrected chi connectivity index (χ0v) is 10.1. The molecule has 1 heterocycles. The van der Waals surface area contributed by atoms with Crippen LogP contribution in [0.3, 0.4) is 0 Å². The highest BCUT2D eigenvalue weighted by atomic mass is 16.5. The molecular weight excluding hydrogens is 192 g/mol. The first-order chi connectivity index (χ1) is 6.94. The number of aliphatic hydroxyl groups is 1. The molecule has 0 aliphatic carbocycles. The lowest BCUT2D eigenvalue weighted by Crippen LogP contribution is -2.49. The van der Waals surface area contributed by atoms with E-state index in [0.29, 0.717) is 18.7 Å². The number of nitrogens with zero attached hydrogens (tertiary/aromatic N) is 1. The van der Waals surface area contributed by atoms with Crippen LogP contribution in [0, 0.1) is 0 Å². The summed E-state index contributed by atoms with van der Waals surface area (Å²) in [4.78, 5) is 2.36. The lowest BCUT2D eigenvalue weighted by atomic mass is 10.0. The summed E-state index contributed by atoms with van der Waals surface area (Å²) in [6.45, 7) is 8.97. The molecule has 0 aromatic heterocycles. The van der Waals surface area contributed by atoms with Gasteiger partial charge in [0.05, 0.1) is 18.3 Å². The quantitative estimate of drug-likeness (QED) is 0.704. The molecule has 1 rings (SSSR count). The number of ether oxygens (including phenoxy) is 1. The Morgan fingerprint density at radius 1 is 1.53 bits per heavy atom. The van der Waals surface area contributed by atoms with Gasteiger partial charge >= 0.3 is 0 Å². The Morgan fingerprint density at radius 2 is 2.20 bits per heavy atom. The van der Waals surface area contributed by atoms with E-state index in [4.69, 9.17) is 10.5 Å². The van der Waals surface area contributed by atoms with E-state index < -0.39 is 5.60 Å². The van der Waals surface area contributed by atoms with Crippen LogP contribution in [0.5, 0.6) is 0 Å². The molecule has 0 radical (unpaired) electrons. The average molecular weight is 216 g/mol. The van der Waals surface area contributed by atoms with Crippen molar-refractivity contribution >= 4 is 0 Å². The fourth-order valence-corrected chi connectivity index (χ4v) is 1.77. The molecular formula is C11H24N2O2. The molecule has 1 aliphatic heterocycles. The maximum atomic E-state index is 9.82. The van der Waals surface area contributed by atoms with Crippen molar-refractivity contribution in [2.75, 3.05) is 26.2 Å². The van der Waals surface area contributed by atoms with Crippen molar-refractivity contribution in [1.82, 2.24) is 4.90 Å². The van der Waals surface area contributed by atoms with Crippen molar-refractivity contribution in [3.05, 3.63) is 0 Å². The molecule has 15 heavy (non-hydrogen) atoms. The molecule has 1 aliphatic rings. The summed E-state index contributed by atoms with van der Waals surface area (Å²) in [6.07, 6.45) is 1.02. The lowest BCUT2D eigenvalue weighted by Gasteiger charge is -2.38. The second-order valence-electron chi connectivity index (χ2n) is 4.94. The molecule has 4 nitrogen and oxygen atoms in total. The van der Waals surface area contributed by atoms with Crippen molar-refractivity contribution in [2.24, 2.45) is 5.73 Å². The van der Waals surface area contributed by atoms with Crippen LogP contribution in [0.4, 0.5) is 0 Å². The summed E-state index contributed by atoms with van der Waals surface area (Å²) in [6, 6.07) is 0.440. The Bertz CT molecular complexity index is 197. The molecule has 3 N–H and O–H groups in total. The highest BCUT2D eigenvalue weighted by Crippen LogP contribution is 2.15. The Balaban J connectivity index is 2.36. The molecule has 0 amide bonds. The third-order valence-corrected chi connectivity index (χ3v) is 3.11. The molecule has 1 fully saturated rings. The average Bonchev–Trinajstić information content (AvgIpc) is 2.20. The van der Waals surface area contributed by atoms with Crippen molar-refractivity contribution in [3.8, 4) is 0 Å². The van der Waals surface area contributed by atoms with Crippen LogP contribution in [0.25, 0.3) is 0 Å². The third kappa shape index (κ3) is 4.07. The highest BCUT2D eigenvalue weighted by Gasteiger charge is 2.26. The second-order valence-corrected chi connectivity index (χ2v) is 4.94. The van der Waals surface area contributed by atoms with E-state index in [1.54, 1.807) is 6.92 Å². The largest absolute Gasteiger partial charge is 0.389 e. The first-order valence-electron chi connectivity index (χ1n) is 5.73. The zero-order chi connectivity index (χ0) is 11.5. The highest BCUT2D eigenvalue weighted by molar-refractivity contribution is 4.80. The second kappa shape index (κ2) is 5.25. The summed E-state index contributed by atoms with van der Waals surface area (Å²) in [5.41, 5.74) is 4.76. The van der Waals surface area contributed by atoms with Gasteiger partial charge in [0.2, 0.25) is 0 Å². The predicted octanol–water partition coefficient (Wildman–Crippen LogP) is 0.195. The molecule has 90 valence electrons. The molecule has 3 unspecified atom stereocenters. The first-order valence-corrected chi connectivity index (χ1v) is 5.73. The SMILES string of the molecule is CC1CN(CCC(C)(O)CN)C(C)CO1. The van der Waals surface area contributed by atoms with E-state index in [0.717, 1.165) is 26.1 Å². The Morgan fingerprint density at radius 3 is 2.80 bits per heavy atom. The first kappa shape index (κ1) is 12.9. The summed E-state index contributed by atoms with van der Waals surface area (Å²) in [5.74, 6) is 0. The van der Waals surface area contributed by atoms with E-state index in [1.165, 1.54) is 0 Å². The van der Waals surface area contributed by atoms with Crippen molar-refractivity contribution < 1.29 is 9.84 Å². The van der Waals surface area contributed by atoms with Crippen LogP contribution in [0.1, 0.15) is 27.2 Å². The summed E-state index contributed by atoms with van der Waals surface area (Å²) in [5, 5.41) is 9.82. The van der Waals surface area contributed by atoms with Crippen LogP contribution in [-0.2, 0) is 4.74 Å². The third-order valence-electron chi connectivity index (χ3n) is 3.11. The van der Waals surface area contributed by atoms with Gasteiger partial charge in [-0.3, -0.25) is 4.90 Å². The van der Waals surface area contributed by atoms with E-state index in [2.05, 4.69) is 18.7 Å². The minimum atomic E-state index is -0.735. The molecule has 0 spiro atoms. The van der Waals surface area contributed by atoms with E-state index in [9.17, 15) is 5.11 Å². The van der Waals surface area contributed by atoms with E-state index >= 15 is 0 Å². The summed E-state index contributed by atoms with van der Waals surface area (Å²) >= 11 is 0. The van der Waals surface area contributed by atoms with Crippen LogP contribution in [-0.4, -0.2) is 54.0 Å². The van der Waals surface area contributed by atoms with Gasteiger partial charge in [0.1, 0.15) is 0 Å². The van der Waals surface area contributed by atoms with Crippen LogP contribution >= 0.6 is 0 Å². The van der Waals surface area contributed by atoms with Crippen LogP contribution < -0.4 is 5.73 Å². The van der Waals surface area contributed by atoms with Gasteiger partial charge in [0.25, 0.3) is 0 Å². The fraction of sp³-hybridized carbons (Fsp3) is 1.00. The van der Waals surface area contributed by atoms with Gasteiger partial charge in [-0.1, -0.05) is 0 Å². The standard InChI is InChI=1S/C11H24N2O2/c1-9-7-15-10(2)6-13(9)5-4-11(3,14)8-12/h9-10,14H,4-8,12H2,1-3H3.